The van der Waals surface area contributed by atoms with Crippen molar-refractivity contribution in [2.45, 2.75) is 25.4 Å². The van der Waals surface area contributed by atoms with Crippen molar-refractivity contribution in [3.63, 3.8) is 0 Å². The normalized spacial score (nSPS) is 13.9. The summed E-state index contributed by atoms with van der Waals surface area (Å²) in [6, 6.07) is 9.15. The minimum atomic E-state index is -1.15. The number of carboxylic acid groups (broad SMARTS) is 1. The molecule has 0 aliphatic heterocycles. The van der Waals surface area contributed by atoms with Crippen LogP contribution in [0.25, 0.3) is 0 Å². The minimum Gasteiger partial charge on any atom is -0.480 e. The van der Waals surface area contributed by atoms with Crippen molar-refractivity contribution >= 4 is 17.6 Å². The molecule has 0 aliphatic carbocycles. The third-order valence-corrected chi connectivity index (χ3v) is 4.03. The van der Waals surface area contributed by atoms with Crippen LogP contribution < -0.4 is 5.32 Å². The van der Waals surface area contributed by atoms with E-state index in [4.69, 9.17) is 11.6 Å². The first kappa shape index (κ1) is 15.5. The Kier molecular flexibility index (Phi) is 4.65. The number of likely N-dealkylation sites (N-methyl/N-ethyl adjacent to an activating group) is 1. The molecule has 21 heavy (non-hydrogen) atoms. The Morgan fingerprint density at radius 2 is 2.10 bits per heavy atom. The van der Waals surface area contributed by atoms with E-state index in [1.165, 1.54) is 0 Å². The average Bonchev–Trinajstić information content (AvgIpc) is 2.80. The molecule has 2 rings (SSSR count). The number of rotatable bonds is 6. The number of carboxylic acids is 1. The van der Waals surface area contributed by atoms with Gasteiger partial charge in [0.25, 0.3) is 0 Å². The number of benzene rings is 1. The lowest BCUT2D eigenvalue weighted by molar-refractivity contribution is -0.145. The summed E-state index contributed by atoms with van der Waals surface area (Å²) in [6.45, 7) is 2.27. The van der Waals surface area contributed by atoms with E-state index in [9.17, 15) is 9.90 Å². The highest BCUT2D eigenvalue weighted by molar-refractivity contribution is 6.31. The van der Waals surface area contributed by atoms with Gasteiger partial charge in [-0.05, 0) is 19.5 Å². The van der Waals surface area contributed by atoms with Crippen molar-refractivity contribution in [3.05, 3.63) is 52.8 Å². The van der Waals surface area contributed by atoms with Gasteiger partial charge in [-0.15, -0.1) is 0 Å². The number of hydrogen-bond donors (Lipinski definition) is 2. The van der Waals surface area contributed by atoms with E-state index in [0.717, 1.165) is 11.3 Å². The lowest BCUT2D eigenvalue weighted by atomic mass is 9.86. The van der Waals surface area contributed by atoms with E-state index >= 15 is 0 Å². The molecule has 0 fully saturated rings. The second-order valence-corrected chi connectivity index (χ2v) is 5.31. The van der Waals surface area contributed by atoms with Gasteiger partial charge in [0.1, 0.15) is 5.54 Å². The average molecular weight is 308 g/mol. The third-order valence-electron chi connectivity index (χ3n) is 3.66. The van der Waals surface area contributed by atoms with Crippen molar-refractivity contribution in [2.75, 3.05) is 7.05 Å². The third kappa shape index (κ3) is 3.09. The monoisotopic (exact) mass is 307 g/mol. The fraction of sp³-hybridized carbons (Fsp3) is 0.333. The van der Waals surface area contributed by atoms with Gasteiger partial charge in [-0.3, -0.25) is 4.68 Å². The van der Waals surface area contributed by atoms with E-state index in [1.54, 1.807) is 17.9 Å². The molecular weight excluding hydrogens is 290 g/mol. The van der Waals surface area contributed by atoms with Crippen molar-refractivity contribution in [1.82, 2.24) is 15.1 Å². The van der Waals surface area contributed by atoms with Crippen LogP contribution in [0.15, 0.2) is 36.5 Å². The smallest absolute Gasteiger partial charge is 0.328 e. The number of halogens is 1. The van der Waals surface area contributed by atoms with Crippen LogP contribution in [-0.2, 0) is 16.9 Å². The molecule has 1 aromatic heterocycles. The summed E-state index contributed by atoms with van der Waals surface area (Å²) in [5.41, 5.74) is 0.310. The number of nitrogens with one attached hydrogen (secondary N) is 1. The summed E-state index contributed by atoms with van der Waals surface area (Å²) in [6.07, 6.45) is 2.07. The molecule has 0 saturated heterocycles. The van der Waals surface area contributed by atoms with Crippen LogP contribution in [0.2, 0.25) is 5.02 Å². The van der Waals surface area contributed by atoms with E-state index in [-0.39, 0.29) is 0 Å². The molecule has 112 valence electrons. The van der Waals surface area contributed by atoms with Crippen LogP contribution in [0.5, 0.6) is 0 Å². The fourth-order valence-electron chi connectivity index (χ4n) is 2.36. The predicted molar refractivity (Wildman–Crippen MR) is 81.4 cm³/mol. The summed E-state index contributed by atoms with van der Waals surface area (Å²) in [5, 5.41) is 17.5. The first-order valence-corrected chi connectivity index (χ1v) is 7.05. The number of aromatic nitrogens is 2. The maximum Gasteiger partial charge on any atom is 0.328 e. The van der Waals surface area contributed by atoms with Crippen molar-refractivity contribution in [2.24, 2.45) is 0 Å². The van der Waals surface area contributed by atoms with Crippen LogP contribution in [0, 0.1) is 6.92 Å². The van der Waals surface area contributed by atoms with Crippen LogP contribution in [0.1, 0.15) is 17.7 Å². The number of nitrogens with zero attached hydrogens (tertiary/aromatic N) is 2. The second kappa shape index (κ2) is 6.28. The summed E-state index contributed by atoms with van der Waals surface area (Å²) in [7, 11) is 1.66. The number of aliphatic carboxylic acids is 1. The van der Waals surface area contributed by atoms with Gasteiger partial charge in [0, 0.05) is 19.2 Å². The van der Waals surface area contributed by atoms with Crippen LogP contribution in [0.3, 0.4) is 0 Å². The maximum absolute atomic E-state index is 11.8. The molecule has 6 heteroatoms. The summed E-state index contributed by atoms with van der Waals surface area (Å²) < 4.78 is 1.68. The van der Waals surface area contributed by atoms with Gasteiger partial charge in [-0.25, -0.2) is 4.79 Å². The van der Waals surface area contributed by atoms with Gasteiger partial charge in [0.05, 0.1) is 10.7 Å². The molecule has 2 aromatic rings. The Balaban J connectivity index is 2.27. The van der Waals surface area contributed by atoms with Gasteiger partial charge in [-0.1, -0.05) is 41.9 Å². The highest BCUT2D eigenvalue weighted by Crippen LogP contribution is 2.26. The van der Waals surface area contributed by atoms with E-state index in [2.05, 4.69) is 10.4 Å². The molecule has 0 amide bonds. The van der Waals surface area contributed by atoms with E-state index in [1.807, 2.05) is 37.3 Å². The molecular formula is C15H18ClN3O2. The Labute approximate surface area is 128 Å². The van der Waals surface area contributed by atoms with Crippen molar-refractivity contribution in [3.8, 4) is 0 Å². The van der Waals surface area contributed by atoms with Gasteiger partial charge in [0.2, 0.25) is 0 Å². The van der Waals surface area contributed by atoms with Crippen molar-refractivity contribution in [1.29, 1.82) is 0 Å². The Hall–Kier alpha value is -1.85. The molecule has 0 aliphatic rings. The number of hydrogen-bond acceptors (Lipinski definition) is 3. The predicted octanol–water partition coefficient (Wildman–Crippen LogP) is 2.43. The SMILES string of the molecule is CNC(CCn1cc(Cl)c(C)n1)(C(=O)O)c1ccccc1. The molecule has 1 atom stereocenters. The molecule has 2 N–H and O–H groups in total. The topological polar surface area (TPSA) is 67.2 Å². The van der Waals surface area contributed by atoms with Crippen LogP contribution >= 0.6 is 11.6 Å². The molecule has 1 heterocycles. The molecule has 0 radical (unpaired) electrons. The minimum absolute atomic E-state index is 0.361. The lowest BCUT2D eigenvalue weighted by Gasteiger charge is -2.29. The van der Waals surface area contributed by atoms with Crippen LogP contribution in [0.4, 0.5) is 0 Å². The standard InChI is InChI=1S/C15H18ClN3O2/c1-11-13(16)10-19(18-11)9-8-15(17-2,14(20)21)12-6-4-3-5-7-12/h3-7,10,17H,8-9H2,1-2H3,(H,20,21). The van der Waals surface area contributed by atoms with Gasteiger partial charge in [0.15, 0.2) is 0 Å². The molecule has 0 bridgehead atoms. The van der Waals surface area contributed by atoms with Gasteiger partial charge >= 0.3 is 5.97 Å². The Morgan fingerprint density at radius 3 is 2.57 bits per heavy atom. The van der Waals surface area contributed by atoms with Crippen molar-refractivity contribution < 1.29 is 9.90 Å². The molecule has 1 aromatic carbocycles. The van der Waals surface area contributed by atoms with Crippen LogP contribution in [-0.4, -0.2) is 27.9 Å². The largest absolute Gasteiger partial charge is 0.480 e. The summed E-state index contributed by atoms with van der Waals surface area (Å²) >= 11 is 5.98. The molecule has 1 unspecified atom stereocenters. The Morgan fingerprint density at radius 1 is 1.43 bits per heavy atom. The molecule has 0 saturated carbocycles. The highest BCUT2D eigenvalue weighted by Gasteiger charge is 2.38. The Bertz CT molecular complexity index is 608. The van der Waals surface area contributed by atoms with Gasteiger partial charge < -0.3 is 10.4 Å². The van der Waals surface area contributed by atoms with E-state index < -0.39 is 11.5 Å². The quantitative estimate of drug-likeness (QED) is 0.860. The first-order chi connectivity index (χ1) is 9.99. The number of carbonyl (C=O) groups is 1. The van der Waals surface area contributed by atoms with E-state index in [0.29, 0.717) is 18.0 Å². The zero-order valence-corrected chi connectivity index (χ0v) is 12.8. The van der Waals surface area contributed by atoms with Gasteiger partial charge in [-0.2, -0.15) is 5.10 Å². The fourth-order valence-corrected chi connectivity index (χ4v) is 2.51. The molecule has 5 nitrogen and oxygen atoms in total. The lowest BCUT2D eigenvalue weighted by Crippen LogP contribution is -2.48. The highest BCUT2D eigenvalue weighted by atomic mass is 35.5. The zero-order valence-electron chi connectivity index (χ0n) is 12.0. The maximum atomic E-state index is 11.8. The first-order valence-electron chi connectivity index (χ1n) is 6.67. The second-order valence-electron chi connectivity index (χ2n) is 4.90. The summed E-state index contributed by atoms with van der Waals surface area (Å²) in [5.74, 6) is -0.911. The number of aryl methyl sites for hydroxylation is 2. The summed E-state index contributed by atoms with van der Waals surface area (Å²) in [4.78, 5) is 11.8. The molecule has 0 spiro atoms. The zero-order chi connectivity index (χ0) is 15.5.